The van der Waals surface area contributed by atoms with E-state index in [1.54, 1.807) is 0 Å². The Kier molecular flexibility index (Phi) is 40.8. The van der Waals surface area contributed by atoms with Gasteiger partial charge in [-0.3, -0.25) is 19.4 Å². The van der Waals surface area contributed by atoms with Crippen LogP contribution in [0.2, 0.25) is 0 Å². The van der Waals surface area contributed by atoms with Crippen molar-refractivity contribution in [3.8, 4) is 0 Å². The van der Waals surface area contributed by atoms with Gasteiger partial charge in [-0.2, -0.15) is 0 Å². The number of nitrogens with zero attached hydrogens (tertiary/aromatic N) is 2. The number of aliphatic hydroxyl groups excluding tert-OH is 1. The molecule has 0 aromatic heterocycles. The van der Waals surface area contributed by atoms with Gasteiger partial charge in [-0.25, -0.2) is 0 Å². The minimum atomic E-state index is -0.0200. The molecule has 1 saturated carbocycles. The Morgan fingerprint density at radius 2 is 0.850 bits per heavy atom. The molecule has 1 aliphatic carbocycles. The van der Waals surface area contributed by atoms with Gasteiger partial charge in [-0.05, 0) is 89.1 Å². The van der Waals surface area contributed by atoms with E-state index < -0.39 is 0 Å². The number of carbonyl (C=O) groups excluding carboxylic acids is 2. The number of hydrogen-bond donors (Lipinski definition) is 1. The lowest BCUT2D eigenvalue weighted by molar-refractivity contribution is -0.146. The quantitative estimate of drug-likeness (QED) is 0.0483. The second-order valence-corrected chi connectivity index (χ2v) is 19.1. The first kappa shape index (κ1) is 56.8. The van der Waals surface area contributed by atoms with Crippen molar-refractivity contribution in [1.29, 1.82) is 0 Å². The Hall–Kier alpha value is -1.18. The Labute approximate surface area is 374 Å². The fourth-order valence-electron chi connectivity index (χ4n) is 9.37. The van der Waals surface area contributed by atoms with E-state index in [9.17, 15) is 14.7 Å². The lowest BCUT2D eigenvalue weighted by Gasteiger charge is -2.31. The standard InChI is InChI=1S/C53H104N2O5/c1-5-9-13-17-19-25-35-49(33-23-15-11-7-3)47-59-52(57)39-27-21-31-41-54(45-46-56)43-44-55(51-37-29-30-38-51)42-32-22-28-40-53(58)60-48-50(34-24-16-12-8-4)36-26-20-18-14-10-6-2/h49-51,56H,5-48H2,1-4H3. The number of aliphatic hydroxyl groups is 1. The second kappa shape index (κ2) is 43.1. The smallest absolute Gasteiger partial charge is 0.305 e. The van der Waals surface area contributed by atoms with Gasteiger partial charge in [0, 0.05) is 38.5 Å². The maximum atomic E-state index is 12.8. The molecular weight excluding hydrogens is 745 g/mol. The van der Waals surface area contributed by atoms with Crippen molar-refractivity contribution in [3.05, 3.63) is 0 Å². The molecule has 0 aromatic carbocycles. The summed E-state index contributed by atoms with van der Waals surface area (Å²) < 4.78 is 11.7. The van der Waals surface area contributed by atoms with Gasteiger partial charge in [0.1, 0.15) is 0 Å². The van der Waals surface area contributed by atoms with Crippen molar-refractivity contribution in [2.75, 3.05) is 52.5 Å². The van der Waals surface area contributed by atoms with Crippen LogP contribution in [-0.2, 0) is 19.1 Å². The summed E-state index contributed by atoms with van der Waals surface area (Å²) in [6, 6.07) is 0.666. The van der Waals surface area contributed by atoms with Crippen LogP contribution < -0.4 is 0 Å². The summed E-state index contributed by atoms with van der Waals surface area (Å²) in [5, 5.41) is 9.87. The van der Waals surface area contributed by atoms with Crippen molar-refractivity contribution in [3.63, 3.8) is 0 Å². The van der Waals surface area contributed by atoms with Gasteiger partial charge >= 0.3 is 11.9 Å². The highest BCUT2D eigenvalue weighted by molar-refractivity contribution is 5.69. The predicted molar refractivity (Wildman–Crippen MR) is 257 cm³/mol. The maximum absolute atomic E-state index is 12.8. The zero-order valence-electron chi connectivity index (χ0n) is 40.8. The SMILES string of the molecule is CCCCCCCCC(CCCCCC)COC(=O)CCCCCN(CCO)CCN(CCCCCC(=O)OCC(CCCCCC)CCCCCCCC)C1CCCC1. The fourth-order valence-corrected chi connectivity index (χ4v) is 9.37. The molecule has 1 N–H and O–H groups in total. The van der Waals surface area contributed by atoms with Crippen LogP contribution in [0.5, 0.6) is 0 Å². The fraction of sp³-hybridized carbons (Fsp3) is 0.962. The van der Waals surface area contributed by atoms with Crippen molar-refractivity contribution >= 4 is 11.9 Å². The third-order valence-electron chi connectivity index (χ3n) is 13.5. The monoisotopic (exact) mass is 849 g/mol. The average Bonchev–Trinajstić information content (AvgIpc) is 3.79. The number of hydrogen-bond acceptors (Lipinski definition) is 7. The Bertz CT molecular complexity index is 927. The lowest BCUT2D eigenvalue weighted by atomic mass is 9.95. The summed E-state index contributed by atoms with van der Waals surface area (Å²) in [6.45, 7) is 15.3. The van der Waals surface area contributed by atoms with Crippen molar-refractivity contribution in [1.82, 2.24) is 9.80 Å². The van der Waals surface area contributed by atoms with Crippen LogP contribution in [0.3, 0.4) is 0 Å². The molecule has 0 heterocycles. The third kappa shape index (κ3) is 34.3. The molecule has 0 spiro atoms. The molecule has 60 heavy (non-hydrogen) atoms. The van der Waals surface area contributed by atoms with E-state index in [4.69, 9.17) is 9.47 Å². The van der Waals surface area contributed by atoms with Gasteiger partial charge in [0.2, 0.25) is 0 Å². The molecule has 0 aliphatic heterocycles. The summed E-state index contributed by atoms with van der Waals surface area (Å²) in [5.74, 6) is 1.02. The van der Waals surface area contributed by atoms with E-state index in [0.29, 0.717) is 50.5 Å². The molecule has 7 heteroatoms. The molecule has 2 atom stereocenters. The number of esters is 2. The molecule has 1 fully saturated rings. The number of ether oxygens (including phenoxy) is 2. The molecule has 0 bridgehead atoms. The van der Waals surface area contributed by atoms with Crippen molar-refractivity contribution in [2.24, 2.45) is 11.8 Å². The molecule has 1 aliphatic rings. The Balaban J connectivity index is 2.39. The van der Waals surface area contributed by atoms with E-state index >= 15 is 0 Å². The molecule has 0 saturated heterocycles. The molecule has 0 radical (unpaired) electrons. The minimum Gasteiger partial charge on any atom is -0.465 e. The van der Waals surface area contributed by atoms with Crippen molar-refractivity contribution in [2.45, 2.75) is 265 Å². The van der Waals surface area contributed by atoms with Gasteiger partial charge < -0.3 is 14.6 Å². The van der Waals surface area contributed by atoms with Gasteiger partial charge in [-0.15, -0.1) is 0 Å². The Morgan fingerprint density at radius 1 is 0.467 bits per heavy atom. The highest BCUT2D eigenvalue weighted by atomic mass is 16.5. The van der Waals surface area contributed by atoms with Crippen LogP contribution in [0.15, 0.2) is 0 Å². The van der Waals surface area contributed by atoms with Crippen LogP contribution >= 0.6 is 0 Å². The van der Waals surface area contributed by atoms with Gasteiger partial charge in [0.25, 0.3) is 0 Å². The number of rotatable bonds is 46. The van der Waals surface area contributed by atoms with Crippen LogP contribution in [0, 0.1) is 11.8 Å². The van der Waals surface area contributed by atoms with E-state index in [-0.39, 0.29) is 18.5 Å². The Morgan fingerprint density at radius 3 is 1.28 bits per heavy atom. The molecule has 2 unspecified atom stereocenters. The van der Waals surface area contributed by atoms with Gasteiger partial charge in [-0.1, -0.05) is 182 Å². The first-order valence-corrected chi connectivity index (χ1v) is 26.9. The molecule has 0 aromatic rings. The second-order valence-electron chi connectivity index (χ2n) is 19.1. The number of unbranched alkanes of at least 4 members (excludes halogenated alkanes) is 20. The average molecular weight is 849 g/mol. The summed E-state index contributed by atoms with van der Waals surface area (Å²) in [4.78, 5) is 30.6. The van der Waals surface area contributed by atoms with Crippen LogP contribution in [0.4, 0.5) is 0 Å². The molecule has 1 rings (SSSR count). The van der Waals surface area contributed by atoms with E-state index in [1.807, 2.05) is 0 Å². The predicted octanol–water partition coefficient (Wildman–Crippen LogP) is 14.4. The summed E-state index contributed by atoms with van der Waals surface area (Å²) in [5.41, 5.74) is 0. The van der Waals surface area contributed by atoms with Crippen LogP contribution in [-0.4, -0.2) is 85.4 Å². The maximum Gasteiger partial charge on any atom is 0.305 e. The third-order valence-corrected chi connectivity index (χ3v) is 13.5. The van der Waals surface area contributed by atoms with E-state index in [1.165, 1.54) is 180 Å². The van der Waals surface area contributed by atoms with Gasteiger partial charge in [0.15, 0.2) is 0 Å². The minimum absolute atomic E-state index is 0.00120. The van der Waals surface area contributed by atoms with Crippen molar-refractivity contribution < 1.29 is 24.2 Å². The molecule has 356 valence electrons. The van der Waals surface area contributed by atoms with Crippen LogP contribution in [0.25, 0.3) is 0 Å². The molecule has 0 amide bonds. The summed E-state index contributed by atoms with van der Waals surface area (Å²) in [6.07, 6.45) is 43.2. The highest BCUT2D eigenvalue weighted by Gasteiger charge is 2.23. The normalized spacial score (nSPS) is 14.4. The summed E-state index contributed by atoms with van der Waals surface area (Å²) >= 11 is 0. The zero-order chi connectivity index (χ0) is 43.6. The lowest BCUT2D eigenvalue weighted by Crippen LogP contribution is -2.41. The van der Waals surface area contributed by atoms with Crippen LogP contribution in [0.1, 0.15) is 259 Å². The topological polar surface area (TPSA) is 79.3 Å². The summed E-state index contributed by atoms with van der Waals surface area (Å²) in [7, 11) is 0. The zero-order valence-corrected chi connectivity index (χ0v) is 40.8. The van der Waals surface area contributed by atoms with Gasteiger partial charge in [0.05, 0.1) is 19.8 Å². The molecular formula is C53H104N2O5. The number of carbonyl (C=O) groups is 2. The first-order valence-electron chi connectivity index (χ1n) is 26.9. The first-order chi connectivity index (χ1) is 29.5. The molecule has 7 nitrogen and oxygen atoms in total. The largest absolute Gasteiger partial charge is 0.465 e. The highest BCUT2D eigenvalue weighted by Crippen LogP contribution is 2.25. The van der Waals surface area contributed by atoms with E-state index in [2.05, 4.69) is 37.5 Å². The van der Waals surface area contributed by atoms with E-state index in [0.717, 1.165) is 64.7 Å².